The molecule has 4 heteroatoms. The van der Waals surface area contributed by atoms with Crippen molar-refractivity contribution in [2.45, 2.75) is 56.4 Å². The lowest BCUT2D eigenvalue weighted by molar-refractivity contribution is -0.158. The zero-order valence-corrected chi connectivity index (χ0v) is 18.9. The minimum Gasteiger partial charge on any atom is -0.511 e. The Morgan fingerprint density at radius 1 is 1.00 bits per heavy atom. The van der Waals surface area contributed by atoms with Gasteiger partial charge in [0, 0.05) is 17.7 Å². The second kappa shape index (κ2) is 9.19. The Labute approximate surface area is 188 Å². The maximum Gasteiger partial charge on any atom is 0.349 e. The van der Waals surface area contributed by atoms with Crippen LogP contribution in [-0.4, -0.2) is 16.7 Å². The molecule has 0 saturated heterocycles. The van der Waals surface area contributed by atoms with E-state index in [0.717, 1.165) is 28.9 Å². The zero-order valence-electron chi connectivity index (χ0n) is 18.1. The van der Waals surface area contributed by atoms with E-state index < -0.39 is 11.6 Å². The van der Waals surface area contributed by atoms with Gasteiger partial charge < -0.3 is 9.84 Å². The quantitative estimate of drug-likeness (QED) is 0.409. The first-order chi connectivity index (χ1) is 15.0. The second-order valence-electron chi connectivity index (χ2n) is 8.20. The summed E-state index contributed by atoms with van der Waals surface area (Å²) in [7, 11) is 0. The van der Waals surface area contributed by atoms with Gasteiger partial charge in [-0.05, 0) is 40.8 Å². The van der Waals surface area contributed by atoms with Gasteiger partial charge in [-0.15, -0.1) is 0 Å². The molecule has 0 aromatic heterocycles. The highest BCUT2D eigenvalue weighted by atomic mass is 32.2. The van der Waals surface area contributed by atoms with E-state index in [2.05, 4.69) is 50.2 Å². The molecule has 0 radical (unpaired) electrons. The first-order valence-corrected chi connectivity index (χ1v) is 11.7. The molecule has 1 atom stereocenters. The van der Waals surface area contributed by atoms with Crippen molar-refractivity contribution in [3.63, 3.8) is 0 Å². The summed E-state index contributed by atoms with van der Waals surface area (Å²) in [5.41, 5.74) is 1.55. The van der Waals surface area contributed by atoms with Gasteiger partial charge in [0.1, 0.15) is 16.3 Å². The SMILES string of the molecule is CCCC1(Cc2ccc3ccccc3c2)CC(O)=C(Sc2ccccc2CC)C(=O)O1. The number of rotatable bonds is 7. The number of thioether (sulfide) groups is 1. The van der Waals surface area contributed by atoms with Crippen LogP contribution in [0, 0.1) is 0 Å². The van der Waals surface area contributed by atoms with Crippen molar-refractivity contribution in [3.8, 4) is 0 Å². The van der Waals surface area contributed by atoms with Crippen LogP contribution in [0.3, 0.4) is 0 Å². The number of esters is 1. The molecule has 4 rings (SSSR count). The largest absolute Gasteiger partial charge is 0.511 e. The van der Waals surface area contributed by atoms with Gasteiger partial charge in [-0.25, -0.2) is 4.79 Å². The summed E-state index contributed by atoms with van der Waals surface area (Å²) in [5, 5.41) is 13.3. The molecule has 0 aliphatic carbocycles. The van der Waals surface area contributed by atoms with Gasteiger partial charge in [0.15, 0.2) is 0 Å². The van der Waals surface area contributed by atoms with E-state index in [-0.39, 0.29) is 5.76 Å². The minimum absolute atomic E-state index is 0.140. The van der Waals surface area contributed by atoms with Crippen molar-refractivity contribution >= 4 is 28.5 Å². The summed E-state index contributed by atoms with van der Waals surface area (Å²) in [5.74, 6) is -0.282. The highest BCUT2D eigenvalue weighted by molar-refractivity contribution is 8.04. The number of aliphatic hydroxyl groups is 1. The molecule has 1 aliphatic heterocycles. The number of ether oxygens (including phenoxy) is 1. The lowest BCUT2D eigenvalue weighted by Crippen LogP contribution is -2.41. The maximum atomic E-state index is 13.0. The summed E-state index contributed by atoms with van der Waals surface area (Å²) in [6.45, 7) is 4.17. The Kier molecular flexibility index (Phi) is 6.38. The van der Waals surface area contributed by atoms with Crippen LogP contribution < -0.4 is 0 Å². The van der Waals surface area contributed by atoms with E-state index >= 15 is 0 Å². The van der Waals surface area contributed by atoms with E-state index in [1.54, 1.807) is 0 Å². The normalized spacial score (nSPS) is 19.0. The molecule has 0 fully saturated rings. The number of carbonyl (C=O) groups is 1. The van der Waals surface area contributed by atoms with Crippen LogP contribution in [-0.2, 0) is 22.4 Å². The number of aliphatic hydroxyl groups excluding tert-OH is 1. The zero-order chi connectivity index (χ0) is 21.8. The lowest BCUT2D eigenvalue weighted by Gasteiger charge is -2.37. The van der Waals surface area contributed by atoms with Crippen molar-refractivity contribution in [1.82, 2.24) is 0 Å². The Morgan fingerprint density at radius 2 is 1.74 bits per heavy atom. The molecule has 1 aliphatic rings. The maximum absolute atomic E-state index is 13.0. The Bertz CT molecular complexity index is 1130. The number of hydrogen-bond donors (Lipinski definition) is 1. The average Bonchev–Trinajstić information content (AvgIpc) is 2.76. The van der Waals surface area contributed by atoms with E-state index in [4.69, 9.17) is 4.74 Å². The predicted molar refractivity (Wildman–Crippen MR) is 127 cm³/mol. The molecule has 1 unspecified atom stereocenters. The fraction of sp³-hybridized carbons (Fsp3) is 0.296. The van der Waals surface area contributed by atoms with Gasteiger partial charge >= 0.3 is 5.97 Å². The number of aryl methyl sites for hydroxylation is 1. The van der Waals surface area contributed by atoms with Crippen LogP contribution in [0.1, 0.15) is 44.2 Å². The third-order valence-electron chi connectivity index (χ3n) is 5.86. The molecule has 3 aromatic carbocycles. The highest BCUT2D eigenvalue weighted by Crippen LogP contribution is 2.42. The summed E-state index contributed by atoms with van der Waals surface area (Å²) in [6.07, 6.45) is 3.38. The molecule has 0 spiro atoms. The third-order valence-corrected chi connectivity index (χ3v) is 7.08. The monoisotopic (exact) mass is 432 g/mol. The Hall–Kier alpha value is -2.72. The van der Waals surface area contributed by atoms with E-state index in [0.29, 0.717) is 24.2 Å². The molecular weight excluding hydrogens is 404 g/mol. The summed E-state index contributed by atoms with van der Waals surface area (Å²) in [6, 6.07) is 22.6. The number of hydrogen-bond acceptors (Lipinski definition) is 4. The van der Waals surface area contributed by atoms with E-state index in [1.807, 2.05) is 30.3 Å². The van der Waals surface area contributed by atoms with Gasteiger partial charge in [0.2, 0.25) is 0 Å². The fourth-order valence-corrected chi connectivity index (χ4v) is 5.42. The Morgan fingerprint density at radius 3 is 2.48 bits per heavy atom. The van der Waals surface area contributed by atoms with Crippen molar-refractivity contribution in [1.29, 1.82) is 0 Å². The van der Waals surface area contributed by atoms with Crippen LogP contribution in [0.2, 0.25) is 0 Å². The van der Waals surface area contributed by atoms with Crippen LogP contribution in [0.4, 0.5) is 0 Å². The predicted octanol–water partition coefficient (Wildman–Crippen LogP) is 6.99. The molecule has 3 nitrogen and oxygen atoms in total. The Balaban J connectivity index is 1.62. The summed E-state index contributed by atoms with van der Waals surface area (Å²) < 4.78 is 6.08. The van der Waals surface area contributed by atoms with Crippen molar-refractivity contribution in [2.75, 3.05) is 0 Å². The molecule has 0 amide bonds. The van der Waals surface area contributed by atoms with Gasteiger partial charge in [0.25, 0.3) is 0 Å². The first-order valence-electron chi connectivity index (χ1n) is 10.9. The van der Waals surface area contributed by atoms with Crippen LogP contribution in [0.15, 0.2) is 82.3 Å². The first kappa shape index (κ1) is 21.5. The number of carbonyl (C=O) groups excluding carboxylic acids is 1. The summed E-state index contributed by atoms with van der Waals surface area (Å²) >= 11 is 1.31. The molecule has 1 N–H and O–H groups in total. The lowest BCUT2D eigenvalue weighted by atomic mass is 9.84. The molecule has 1 heterocycles. The molecule has 3 aromatic rings. The molecule has 0 bridgehead atoms. The van der Waals surface area contributed by atoms with E-state index in [9.17, 15) is 9.90 Å². The van der Waals surface area contributed by atoms with E-state index in [1.165, 1.54) is 22.5 Å². The van der Waals surface area contributed by atoms with Crippen LogP contribution in [0.5, 0.6) is 0 Å². The third kappa shape index (κ3) is 4.64. The molecular formula is C27H28O3S. The topological polar surface area (TPSA) is 46.5 Å². The number of fused-ring (bicyclic) bond motifs is 1. The van der Waals surface area contributed by atoms with Crippen molar-refractivity contribution in [3.05, 3.63) is 88.5 Å². The highest BCUT2D eigenvalue weighted by Gasteiger charge is 2.42. The fourth-order valence-electron chi connectivity index (χ4n) is 4.39. The van der Waals surface area contributed by atoms with Crippen LogP contribution in [0.25, 0.3) is 10.8 Å². The number of cyclic esters (lactones) is 1. The average molecular weight is 433 g/mol. The van der Waals surface area contributed by atoms with Gasteiger partial charge in [-0.3, -0.25) is 0 Å². The molecule has 31 heavy (non-hydrogen) atoms. The number of benzene rings is 3. The van der Waals surface area contributed by atoms with Gasteiger partial charge in [-0.1, -0.05) is 92.7 Å². The van der Waals surface area contributed by atoms with Gasteiger partial charge in [0.05, 0.1) is 0 Å². The van der Waals surface area contributed by atoms with Crippen LogP contribution >= 0.6 is 11.8 Å². The standard InChI is InChI=1S/C27H28O3S/c1-3-15-27(17-19-13-14-21-10-5-6-11-22(21)16-19)18-23(28)25(26(29)30-27)31-24-12-8-7-9-20(24)4-2/h5-14,16,28H,3-4,15,17-18H2,1-2H3. The molecule has 160 valence electrons. The van der Waals surface area contributed by atoms with Gasteiger partial charge in [-0.2, -0.15) is 0 Å². The van der Waals surface area contributed by atoms with Crippen molar-refractivity contribution in [2.24, 2.45) is 0 Å². The minimum atomic E-state index is -0.716. The molecule has 0 saturated carbocycles. The second-order valence-corrected chi connectivity index (χ2v) is 9.25. The smallest absolute Gasteiger partial charge is 0.349 e. The van der Waals surface area contributed by atoms with Crippen molar-refractivity contribution < 1.29 is 14.6 Å². The summed E-state index contributed by atoms with van der Waals surface area (Å²) in [4.78, 5) is 14.3.